The van der Waals surface area contributed by atoms with Crippen molar-refractivity contribution in [2.75, 3.05) is 13.2 Å². The van der Waals surface area contributed by atoms with Gasteiger partial charge in [0.25, 0.3) is 11.6 Å². The summed E-state index contributed by atoms with van der Waals surface area (Å²) in [7, 11) is 0. The average Bonchev–Trinajstić information content (AvgIpc) is 2.33. The van der Waals surface area contributed by atoms with Crippen LogP contribution in [0.15, 0.2) is 18.2 Å². The number of rotatable bonds is 5. The number of hydrogen-bond acceptors (Lipinski definition) is 5. The SMILES string of the molecule is NC(=O)OCCNC(=O)c1ccc([N+](=O)[O-])c(Cl)c1. The van der Waals surface area contributed by atoms with Gasteiger partial charge in [-0.2, -0.15) is 0 Å². The number of nitro groups is 1. The zero-order valence-corrected chi connectivity index (χ0v) is 10.3. The first-order valence-corrected chi connectivity index (χ1v) is 5.44. The molecule has 0 bridgehead atoms. The molecule has 3 N–H and O–H groups in total. The van der Waals surface area contributed by atoms with Crippen molar-refractivity contribution in [3.63, 3.8) is 0 Å². The molecule has 0 unspecified atom stereocenters. The van der Waals surface area contributed by atoms with Crippen molar-refractivity contribution in [2.45, 2.75) is 0 Å². The first-order valence-electron chi connectivity index (χ1n) is 5.06. The smallest absolute Gasteiger partial charge is 0.404 e. The summed E-state index contributed by atoms with van der Waals surface area (Å²) in [5, 5.41) is 12.8. The van der Waals surface area contributed by atoms with Gasteiger partial charge in [0.1, 0.15) is 11.6 Å². The second-order valence-corrected chi connectivity index (χ2v) is 3.75. The number of amides is 2. The molecule has 0 saturated carbocycles. The molecule has 0 fully saturated rings. The van der Waals surface area contributed by atoms with E-state index in [0.29, 0.717) is 0 Å². The average molecular weight is 288 g/mol. The number of carbonyl (C=O) groups is 2. The highest BCUT2D eigenvalue weighted by Gasteiger charge is 2.14. The van der Waals surface area contributed by atoms with Gasteiger partial charge in [-0.3, -0.25) is 14.9 Å². The lowest BCUT2D eigenvalue weighted by atomic mass is 10.2. The van der Waals surface area contributed by atoms with Gasteiger partial charge in [0.15, 0.2) is 0 Å². The Balaban J connectivity index is 2.60. The second-order valence-electron chi connectivity index (χ2n) is 3.35. The van der Waals surface area contributed by atoms with Crippen LogP contribution >= 0.6 is 11.6 Å². The Hall–Kier alpha value is -2.35. The van der Waals surface area contributed by atoms with Gasteiger partial charge in [-0.25, -0.2) is 4.79 Å². The number of nitrogens with zero attached hydrogens (tertiary/aromatic N) is 1. The third kappa shape index (κ3) is 4.43. The molecule has 2 amide bonds. The molecular weight excluding hydrogens is 278 g/mol. The van der Waals surface area contributed by atoms with E-state index in [2.05, 4.69) is 10.1 Å². The first-order chi connectivity index (χ1) is 8.91. The topological polar surface area (TPSA) is 125 Å². The van der Waals surface area contributed by atoms with Crippen LogP contribution in [0.25, 0.3) is 0 Å². The molecule has 8 nitrogen and oxygen atoms in total. The number of primary amides is 1. The van der Waals surface area contributed by atoms with Crippen LogP contribution in [0.3, 0.4) is 0 Å². The van der Waals surface area contributed by atoms with Crippen LogP contribution in [-0.4, -0.2) is 30.1 Å². The summed E-state index contributed by atoms with van der Waals surface area (Å²) in [6.45, 7) is -0.00182. The van der Waals surface area contributed by atoms with Crippen molar-refractivity contribution in [3.8, 4) is 0 Å². The second kappa shape index (κ2) is 6.55. The van der Waals surface area contributed by atoms with Gasteiger partial charge in [-0.15, -0.1) is 0 Å². The quantitative estimate of drug-likeness (QED) is 0.476. The Morgan fingerprint density at radius 1 is 1.47 bits per heavy atom. The number of hydrogen-bond donors (Lipinski definition) is 2. The van der Waals surface area contributed by atoms with Crippen molar-refractivity contribution in [1.29, 1.82) is 0 Å². The van der Waals surface area contributed by atoms with Gasteiger partial charge in [-0.05, 0) is 12.1 Å². The largest absolute Gasteiger partial charge is 0.448 e. The predicted octanol–water partition coefficient (Wildman–Crippen LogP) is 1.07. The van der Waals surface area contributed by atoms with E-state index >= 15 is 0 Å². The maximum absolute atomic E-state index is 11.6. The summed E-state index contributed by atoms with van der Waals surface area (Å²) in [6.07, 6.45) is -0.937. The molecule has 0 aliphatic rings. The van der Waals surface area contributed by atoms with Gasteiger partial charge in [-0.1, -0.05) is 11.6 Å². The lowest BCUT2D eigenvalue weighted by molar-refractivity contribution is -0.384. The molecule has 19 heavy (non-hydrogen) atoms. The van der Waals surface area contributed by atoms with Crippen molar-refractivity contribution < 1.29 is 19.2 Å². The van der Waals surface area contributed by atoms with Crippen LogP contribution in [-0.2, 0) is 4.74 Å². The fraction of sp³-hybridized carbons (Fsp3) is 0.200. The number of nitro benzene ring substituents is 1. The minimum absolute atomic E-state index is 0.0659. The number of nitrogens with one attached hydrogen (secondary N) is 1. The molecule has 0 aromatic heterocycles. The van der Waals surface area contributed by atoms with Crippen LogP contribution in [0.4, 0.5) is 10.5 Å². The van der Waals surface area contributed by atoms with E-state index < -0.39 is 16.9 Å². The molecule has 0 heterocycles. The zero-order chi connectivity index (χ0) is 14.4. The predicted molar refractivity (Wildman–Crippen MR) is 66.0 cm³/mol. The van der Waals surface area contributed by atoms with Gasteiger partial charge >= 0.3 is 6.09 Å². The lowest BCUT2D eigenvalue weighted by Crippen LogP contribution is -2.29. The molecule has 9 heteroatoms. The molecule has 0 atom stereocenters. The van der Waals surface area contributed by atoms with Crippen molar-refractivity contribution >= 4 is 29.3 Å². The van der Waals surface area contributed by atoms with E-state index in [4.69, 9.17) is 17.3 Å². The summed E-state index contributed by atoms with van der Waals surface area (Å²) in [6, 6.07) is 3.59. The number of carbonyl (C=O) groups excluding carboxylic acids is 2. The Labute approximate surface area is 112 Å². The minimum atomic E-state index is -0.937. The number of ether oxygens (including phenoxy) is 1. The van der Waals surface area contributed by atoms with Gasteiger partial charge < -0.3 is 15.8 Å². The van der Waals surface area contributed by atoms with Crippen molar-refractivity contribution in [1.82, 2.24) is 5.32 Å². The molecule has 0 saturated heterocycles. The van der Waals surface area contributed by atoms with E-state index in [9.17, 15) is 19.7 Å². The highest BCUT2D eigenvalue weighted by atomic mass is 35.5. The summed E-state index contributed by atoms with van der Waals surface area (Å²) in [4.78, 5) is 31.8. The lowest BCUT2D eigenvalue weighted by Gasteiger charge is -2.05. The van der Waals surface area contributed by atoms with Crippen molar-refractivity contribution in [3.05, 3.63) is 38.9 Å². The van der Waals surface area contributed by atoms with Gasteiger partial charge in [0.05, 0.1) is 11.5 Å². The summed E-state index contributed by atoms with van der Waals surface area (Å²) < 4.78 is 4.41. The number of benzene rings is 1. The highest BCUT2D eigenvalue weighted by molar-refractivity contribution is 6.33. The van der Waals surface area contributed by atoms with Crippen LogP contribution in [0.1, 0.15) is 10.4 Å². The molecule has 0 radical (unpaired) electrons. The molecule has 0 spiro atoms. The Kier molecular flexibility index (Phi) is 5.07. The van der Waals surface area contributed by atoms with E-state index in [1.165, 1.54) is 12.1 Å². The minimum Gasteiger partial charge on any atom is -0.448 e. The highest BCUT2D eigenvalue weighted by Crippen LogP contribution is 2.24. The molecule has 102 valence electrons. The summed E-state index contributed by atoms with van der Waals surface area (Å²) in [5.74, 6) is -0.495. The Morgan fingerprint density at radius 2 is 2.16 bits per heavy atom. The molecule has 0 aliphatic carbocycles. The molecule has 1 aromatic carbocycles. The fourth-order valence-electron chi connectivity index (χ4n) is 1.21. The monoisotopic (exact) mass is 287 g/mol. The maximum atomic E-state index is 11.6. The van der Waals surface area contributed by atoms with E-state index in [1.807, 2.05) is 0 Å². The van der Waals surface area contributed by atoms with Crippen molar-refractivity contribution in [2.24, 2.45) is 5.73 Å². The van der Waals surface area contributed by atoms with Crippen LogP contribution in [0, 0.1) is 10.1 Å². The fourth-order valence-corrected chi connectivity index (χ4v) is 1.46. The molecule has 1 rings (SSSR count). The normalized spacial score (nSPS) is 9.74. The number of halogens is 1. The zero-order valence-electron chi connectivity index (χ0n) is 9.59. The summed E-state index contributed by atoms with van der Waals surface area (Å²) >= 11 is 5.66. The van der Waals surface area contributed by atoms with Gasteiger partial charge in [0.2, 0.25) is 0 Å². The molecule has 1 aromatic rings. The van der Waals surface area contributed by atoms with Crippen LogP contribution in [0.5, 0.6) is 0 Å². The van der Waals surface area contributed by atoms with E-state index in [-0.39, 0.29) is 29.4 Å². The van der Waals surface area contributed by atoms with Crippen LogP contribution in [0.2, 0.25) is 5.02 Å². The standard InChI is InChI=1S/C10H10ClN3O5/c11-7-5-6(1-2-8(7)14(17)18)9(15)13-3-4-19-10(12)16/h1-2,5H,3-4H2,(H2,12,16)(H,13,15). The maximum Gasteiger partial charge on any atom is 0.404 e. The Morgan fingerprint density at radius 3 is 2.68 bits per heavy atom. The summed E-state index contributed by atoms with van der Waals surface area (Å²) in [5.41, 5.74) is 4.61. The van der Waals surface area contributed by atoms with E-state index in [1.54, 1.807) is 0 Å². The van der Waals surface area contributed by atoms with Gasteiger partial charge in [0, 0.05) is 11.6 Å². The first kappa shape index (κ1) is 14.7. The van der Waals surface area contributed by atoms with E-state index in [0.717, 1.165) is 6.07 Å². The Bertz CT molecular complexity index is 520. The number of nitrogens with two attached hydrogens (primary N) is 1. The molecular formula is C10H10ClN3O5. The molecule has 0 aliphatic heterocycles. The third-order valence-electron chi connectivity index (χ3n) is 2.04. The third-order valence-corrected chi connectivity index (χ3v) is 2.34. The van der Waals surface area contributed by atoms with Crippen LogP contribution < -0.4 is 11.1 Å².